The molecule has 0 radical (unpaired) electrons. The lowest BCUT2D eigenvalue weighted by Gasteiger charge is -2.11. The van der Waals surface area contributed by atoms with Crippen LogP contribution in [0, 0.1) is 0 Å². The summed E-state index contributed by atoms with van der Waals surface area (Å²) < 4.78 is 13.4. The van der Waals surface area contributed by atoms with Gasteiger partial charge in [0.25, 0.3) is 5.91 Å². The first-order chi connectivity index (χ1) is 15.3. The van der Waals surface area contributed by atoms with Crippen molar-refractivity contribution < 1.29 is 14.3 Å². The van der Waals surface area contributed by atoms with E-state index in [0.29, 0.717) is 30.2 Å². The Morgan fingerprint density at radius 3 is 2.48 bits per heavy atom. The minimum atomic E-state index is -0.245. The van der Waals surface area contributed by atoms with Gasteiger partial charge in [-0.05, 0) is 30.3 Å². The lowest BCUT2D eigenvalue weighted by Crippen LogP contribution is -2.17. The van der Waals surface area contributed by atoms with E-state index in [1.165, 1.54) is 0 Å². The van der Waals surface area contributed by atoms with E-state index >= 15 is 0 Å². The third kappa shape index (κ3) is 4.75. The molecule has 0 atom stereocenters. The first-order valence-corrected chi connectivity index (χ1v) is 9.98. The van der Waals surface area contributed by atoms with Crippen molar-refractivity contribution in [2.75, 3.05) is 13.7 Å². The van der Waals surface area contributed by atoms with Crippen molar-refractivity contribution in [2.24, 2.45) is 5.10 Å². The molecule has 156 valence electrons. The molecular formula is C25H23N3O3. The second-order valence-electron chi connectivity index (χ2n) is 6.86. The molecule has 0 aliphatic rings. The monoisotopic (exact) mass is 413 g/mol. The lowest BCUT2D eigenvalue weighted by atomic mass is 10.2. The van der Waals surface area contributed by atoms with Crippen LogP contribution in [0.5, 0.6) is 11.5 Å². The highest BCUT2D eigenvalue weighted by atomic mass is 16.5. The number of hydrogen-bond acceptors (Lipinski definition) is 4. The van der Waals surface area contributed by atoms with Gasteiger partial charge in [-0.3, -0.25) is 4.79 Å². The molecule has 1 aromatic heterocycles. The van der Waals surface area contributed by atoms with Crippen LogP contribution in [-0.2, 0) is 6.54 Å². The van der Waals surface area contributed by atoms with Gasteiger partial charge < -0.3 is 14.0 Å². The molecule has 0 saturated heterocycles. The molecule has 31 heavy (non-hydrogen) atoms. The van der Waals surface area contributed by atoms with Gasteiger partial charge in [0.2, 0.25) is 0 Å². The number of carbonyl (C=O) groups is 1. The Hall–Kier alpha value is -4.06. The van der Waals surface area contributed by atoms with Crippen LogP contribution in [0.3, 0.4) is 0 Å². The van der Waals surface area contributed by atoms with Crippen molar-refractivity contribution in [3.63, 3.8) is 0 Å². The number of hydrazone groups is 1. The molecule has 0 bridgehead atoms. The zero-order valence-electron chi connectivity index (χ0n) is 17.2. The van der Waals surface area contributed by atoms with E-state index in [1.54, 1.807) is 25.5 Å². The summed E-state index contributed by atoms with van der Waals surface area (Å²) in [5, 5.41) is 5.20. The van der Waals surface area contributed by atoms with Crippen LogP contribution in [0.25, 0.3) is 10.9 Å². The van der Waals surface area contributed by atoms with E-state index < -0.39 is 0 Å². The Morgan fingerprint density at radius 1 is 0.968 bits per heavy atom. The Bertz CT molecular complexity index is 1200. The molecular weight excluding hydrogens is 390 g/mol. The maximum absolute atomic E-state index is 12.2. The first kappa shape index (κ1) is 20.2. The molecule has 0 fully saturated rings. The molecule has 0 spiro atoms. The summed E-state index contributed by atoms with van der Waals surface area (Å²) in [4.78, 5) is 12.2. The highest BCUT2D eigenvalue weighted by molar-refractivity contribution is 6.00. The topological polar surface area (TPSA) is 64.8 Å². The van der Waals surface area contributed by atoms with E-state index in [9.17, 15) is 4.79 Å². The van der Waals surface area contributed by atoms with Gasteiger partial charge in [-0.1, -0.05) is 48.5 Å². The summed E-state index contributed by atoms with van der Waals surface area (Å²) in [6.45, 7) is 1.14. The average molecular weight is 413 g/mol. The third-order valence-corrected chi connectivity index (χ3v) is 4.88. The Kier molecular flexibility index (Phi) is 6.28. The molecule has 0 saturated carbocycles. The van der Waals surface area contributed by atoms with Gasteiger partial charge in [0.05, 0.1) is 19.9 Å². The highest BCUT2D eigenvalue weighted by Crippen LogP contribution is 2.26. The van der Waals surface area contributed by atoms with E-state index in [1.807, 2.05) is 66.9 Å². The number of hydrogen-bond donors (Lipinski definition) is 1. The lowest BCUT2D eigenvalue weighted by molar-refractivity contribution is 0.0955. The van der Waals surface area contributed by atoms with Crippen LogP contribution < -0.4 is 14.9 Å². The number of methoxy groups -OCH3 is 1. The van der Waals surface area contributed by atoms with Crippen molar-refractivity contribution in [1.29, 1.82) is 0 Å². The fourth-order valence-corrected chi connectivity index (χ4v) is 3.37. The molecule has 0 aliphatic heterocycles. The third-order valence-electron chi connectivity index (χ3n) is 4.88. The molecule has 3 aromatic carbocycles. The van der Waals surface area contributed by atoms with Gasteiger partial charge in [-0.15, -0.1) is 0 Å². The van der Waals surface area contributed by atoms with Gasteiger partial charge in [0.1, 0.15) is 6.61 Å². The second-order valence-corrected chi connectivity index (χ2v) is 6.86. The van der Waals surface area contributed by atoms with Crippen molar-refractivity contribution in [3.05, 3.63) is 96.2 Å². The van der Waals surface area contributed by atoms with E-state index in [2.05, 4.69) is 21.2 Å². The summed E-state index contributed by atoms with van der Waals surface area (Å²) in [6.07, 6.45) is 3.68. The van der Waals surface area contributed by atoms with Gasteiger partial charge in [0, 0.05) is 28.2 Å². The molecule has 4 rings (SSSR count). The Morgan fingerprint density at radius 2 is 1.68 bits per heavy atom. The Balaban J connectivity index is 1.46. The number of carbonyl (C=O) groups excluding carboxylic acids is 1. The number of fused-ring (bicyclic) bond motifs is 1. The largest absolute Gasteiger partial charge is 0.493 e. The van der Waals surface area contributed by atoms with Crippen molar-refractivity contribution in [1.82, 2.24) is 9.99 Å². The minimum absolute atomic E-state index is 0.245. The predicted molar refractivity (Wildman–Crippen MR) is 122 cm³/mol. The normalized spacial score (nSPS) is 11.0. The maximum Gasteiger partial charge on any atom is 0.271 e. The second kappa shape index (κ2) is 9.63. The average Bonchev–Trinajstić information content (AvgIpc) is 3.17. The molecule has 0 unspecified atom stereocenters. The number of benzene rings is 3. The van der Waals surface area contributed by atoms with Crippen molar-refractivity contribution >= 4 is 23.0 Å². The summed E-state index contributed by atoms with van der Waals surface area (Å²) in [6, 6.07) is 24.7. The van der Waals surface area contributed by atoms with Crippen LogP contribution >= 0.6 is 0 Å². The smallest absolute Gasteiger partial charge is 0.271 e. The van der Waals surface area contributed by atoms with Gasteiger partial charge >= 0.3 is 0 Å². The number of aromatic nitrogens is 1. The number of para-hydroxylation sites is 3. The van der Waals surface area contributed by atoms with Crippen molar-refractivity contribution in [2.45, 2.75) is 6.54 Å². The van der Waals surface area contributed by atoms with Gasteiger partial charge in [-0.2, -0.15) is 5.10 Å². The highest BCUT2D eigenvalue weighted by Gasteiger charge is 2.08. The van der Waals surface area contributed by atoms with Crippen LogP contribution in [0.4, 0.5) is 0 Å². The maximum atomic E-state index is 12.2. The van der Waals surface area contributed by atoms with E-state index in [4.69, 9.17) is 9.47 Å². The zero-order valence-corrected chi connectivity index (χ0v) is 17.2. The number of rotatable bonds is 8. The van der Waals surface area contributed by atoms with E-state index in [-0.39, 0.29) is 5.91 Å². The molecule has 1 N–H and O–H groups in total. The van der Waals surface area contributed by atoms with E-state index in [0.717, 1.165) is 16.5 Å². The molecule has 6 heteroatoms. The minimum Gasteiger partial charge on any atom is -0.493 e. The Labute approximate surface area is 180 Å². The summed E-state index contributed by atoms with van der Waals surface area (Å²) in [5.41, 5.74) is 5.14. The SMILES string of the molecule is COc1ccccc1OCCn1cc(/C=N/NC(=O)c2ccccc2)c2ccccc21. The number of ether oxygens (including phenoxy) is 2. The summed E-state index contributed by atoms with van der Waals surface area (Å²) >= 11 is 0. The van der Waals surface area contributed by atoms with Crippen LogP contribution in [0.1, 0.15) is 15.9 Å². The number of nitrogens with one attached hydrogen (secondary N) is 1. The number of amides is 1. The molecule has 6 nitrogen and oxygen atoms in total. The standard InChI is InChI=1S/C25H23N3O3/c1-30-23-13-7-8-14-24(23)31-16-15-28-18-20(21-11-5-6-12-22(21)28)17-26-27-25(29)19-9-3-2-4-10-19/h2-14,17-18H,15-16H2,1H3,(H,27,29)/b26-17+. The molecule has 4 aromatic rings. The fourth-order valence-electron chi connectivity index (χ4n) is 3.37. The molecule has 0 aliphatic carbocycles. The van der Waals surface area contributed by atoms with Crippen molar-refractivity contribution in [3.8, 4) is 11.5 Å². The predicted octanol–water partition coefficient (Wildman–Crippen LogP) is 4.49. The fraction of sp³-hybridized carbons (Fsp3) is 0.120. The van der Waals surface area contributed by atoms with Gasteiger partial charge in [-0.25, -0.2) is 5.43 Å². The van der Waals surface area contributed by atoms with Crippen LogP contribution in [-0.4, -0.2) is 30.4 Å². The first-order valence-electron chi connectivity index (χ1n) is 9.98. The zero-order chi connectivity index (χ0) is 21.5. The molecule has 1 heterocycles. The number of nitrogens with zero attached hydrogens (tertiary/aromatic N) is 2. The summed E-state index contributed by atoms with van der Waals surface area (Å²) in [7, 11) is 1.63. The quantitative estimate of drug-likeness (QED) is 0.342. The molecule has 1 amide bonds. The summed E-state index contributed by atoms with van der Waals surface area (Å²) in [5.74, 6) is 1.18. The van der Waals surface area contributed by atoms with Crippen LogP contribution in [0.15, 0.2) is 90.2 Å². The van der Waals surface area contributed by atoms with Gasteiger partial charge in [0.15, 0.2) is 11.5 Å². The van der Waals surface area contributed by atoms with Crippen LogP contribution in [0.2, 0.25) is 0 Å².